The fraction of sp³-hybridized carbons (Fsp3) is 0.408. The number of fused-ring (bicyclic) bond motifs is 1. The van der Waals surface area contributed by atoms with Crippen LogP contribution in [0.4, 0.5) is 11.4 Å². The second-order valence-corrected chi connectivity index (χ2v) is 16.4. The number of amides is 5. The van der Waals surface area contributed by atoms with Crippen LogP contribution in [0.1, 0.15) is 102 Å². The number of piperidine rings is 1. The van der Waals surface area contributed by atoms with Crippen molar-refractivity contribution in [2.45, 2.75) is 89.9 Å². The van der Waals surface area contributed by atoms with Gasteiger partial charge in [-0.1, -0.05) is 37.1 Å². The summed E-state index contributed by atoms with van der Waals surface area (Å²) in [6.07, 6.45) is 10.3. The number of carbonyl (C=O) groups excluding carboxylic acids is 5. The van der Waals surface area contributed by atoms with Gasteiger partial charge in [0.25, 0.3) is 11.8 Å². The lowest BCUT2D eigenvalue weighted by molar-refractivity contribution is -0.137. The fourth-order valence-corrected chi connectivity index (χ4v) is 7.90. The van der Waals surface area contributed by atoms with Crippen LogP contribution in [0, 0.1) is 0 Å². The molecular weight excluding hydrogens is 857 g/mol. The highest BCUT2D eigenvalue weighted by atomic mass is 16.5. The Bertz CT molecular complexity index is 2480. The van der Waals surface area contributed by atoms with E-state index in [1.54, 1.807) is 36.5 Å². The molecule has 2 aliphatic rings. The number of anilines is 2. The van der Waals surface area contributed by atoms with Crippen LogP contribution in [0.5, 0.6) is 5.75 Å². The van der Waals surface area contributed by atoms with E-state index in [2.05, 4.69) is 41.4 Å². The zero-order valence-electron chi connectivity index (χ0n) is 37.8. The molecule has 1 atom stereocenters. The first kappa shape index (κ1) is 47.9. The van der Waals surface area contributed by atoms with Gasteiger partial charge in [-0.05, 0) is 92.6 Å². The number of nitrogens with zero attached hydrogens (tertiary/aromatic N) is 6. The molecule has 3 aromatic carbocycles. The fourth-order valence-electron chi connectivity index (χ4n) is 7.90. The maximum absolute atomic E-state index is 13.1. The Kier molecular flexibility index (Phi) is 17.5. The van der Waals surface area contributed by atoms with E-state index >= 15 is 0 Å². The van der Waals surface area contributed by atoms with Gasteiger partial charge in [-0.2, -0.15) is 0 Å². The van der Waals surface area contributed by atoms with Crippen LogP contribution >= 0.6 is 0 Å². The summed E-state index contributed by atoms with van der Waals surface area (Å²) in [7, 11) is 1.88. The third-order valence-electron chi connectivity index (χ3n) is 11.6. The molecule has 0 spiro atoms. The van der Waals surface area contributed by atoms with Crippen molar-refractivity contribution >= 4 is 40.9 Å². The van der Waals surface area contributed by atoms with Crippen molar-refractivity contribution in [3.8, 4) is 17.3 Å². The summed E-state index contributed by atoms with van der Waals surface area (Å²) in [5.74, 6) is 0.757. The van der Waals surface area contributed by atoms with Crippen molar-refractivity contribution in [2.24, 2.45) is 7.05 Å². The minimum absolute atomic E-state index is 0.132. The standard InChI is InChI=1S/C49H58N10O8/c1-58-43(56-57-46(58)41-21-22-50-33-53-41)31-51-36-14-10-13-35(29-36)47(62)52-30-34-12-9-15-37(28-34)67-25-8-3-2-6-23-65-26-27-66-24-7-4-5-18-44(60)54-40-17-11-16-38-39(40)32-59(49(38)64)42-19-20-45(61)55-48(42)63/h9-17,21-22,28-29,33,42,51H,2-8,18-20,23-27,30-32H2,1H3,(H,52,62)(H,54,60)(H,55,61,63). The average molecular weight is 915 g/mol. The van der Waals surface area contributed by atoms with Crippen LogP contribution in [0.15, 0.2) is 85.3 Å². The molecule has 2 aromatic heterocycles. The zero-order chi connectivity index (χ0) is 46.8. The Labute approximate surface area is 389 Å². The lowest BCUT2D eigenvalue weighted by atomic mass is 10.0. The summed E-state index contributed by atoms with van der Waals surface area (Å²) in [4.78, 5) is 72.5. The minimum atomic E-state index is -0.704. The Morgan fingerprint density at radius 3 is 2.39 bits per heavy atom. The summed E-state index contributed by atoms with van der Waals surface area (Å²) < 4.78 is 19.3. The predicted molar refractivity (Wildman–Crippen MR) is 249 cm³/mol. The lowest BCUT2D eigenvalue weighted by Crippen LogP contribution is -2.52. The molecule has 67 heavy (non-hydrogen) atoms. The number of hydrogen-bond acceptors (Lipinski definition) is 13. The van der Waals surface area contributed by atoms with E-state index in [0.717, 1.165) is 61.3 Å². The van der Waals surface area contributed by atoms with Crippen LogP contribution in [0.2, 0.25) is 0 Å². The maximum Gasteiger partial charge on any atom is 0.255 e. The molecule has 352 valence electrons. The highest BCUT2D eigenvalue weighted by molar-refractivity contribution is 6.06. The molecule has 18 heteroatoms. The number of carbonyl (C=O) groups is 5. The van der Waals surface area contributed by atoms with E-state index in [0.29, 0.717) is 92.9 Å². The van der Waals surface area contributed by atoms with Gasteiger partial charge in [0.15, 0.2) is 11.6 Å². The van der Waals surface area contributed by atoms with E-state index in [1.807, 2.05) is 54.1 Å². The molecule has 1 fully saturated rings. The van der Waals surface area contributed by atoms with E-state index in [1.165, 1.54) is 11.2 Å². The molecule has 0 saturated carbocycles. The number of rotatable bonds is 26. The minimum Gasteiger partial charge on any atom is -0.494 e. The van der Waals surface area contributed by atoms with Crippen molar-refractivity contribution in [3.05, 3.63) is 113 Å². The number of nitrogens with one attached hydrogen (secondary N) is 4. The number of aromatic nitrogens is 5. The first-order valence-corrected chi connectivity index (χ1v) is 22.9. The van der Waals surface area contributed by atoms with Crippen LogP contribution in [-0.2, 0) is 50.5 Å². The van der Waals surface area contributed by atoms with Crippen molar-refractivity contribution in [1.29, 1.82) is 0 Å². The normalized spacial score (nSPS) is 14.4. The van der Waals surface area contributed by atoms with E-state index in [9.17, 15) is 24.0 Å². The summed E-state index contributed by atoms with van der Waals surface area (Å²) in [5.41, 5.74) is 4.69. The Balaban J connectivity index is 0.674. The zero-order valence-corrected chi connectivity index (χ0v) is 37.8. The van der Waals surface area contributed by atoms with Gasteiger partial charge in [0.1, 0.15) is 23.8 Å². The topological polar surface area (TPSA) is 221 Å². The predicted octanol–water partition coefficient (Wildman–Crippen LogP) is 5.75. The van der Waals surface area contributed by atoms with Crippen molar-refractivity contribution in [1.82, 2.24) is 40.3 Å². The van der Waals surface area contributed by atoms with E-state index in [4.69, 9.17) is 14.2 Å². The third-order valence-corrected chi connectivity index (χ3v) is 11.6. The summed E-state index contributed by atoms with van der Waals surface area (Å²) in [5, 5.41) is 20.1. The first-order valence-electron chi connectivity index (χ1n) is 22.9. The molecule has 0 aliphatic carbocycles. The average Bonchev–Trinajstić information content (AvgIpc) is 3.88. The van der Waals surface area contributed by atoms with E-state index in [-0.39, 0.29) is 43.0 Å². The van der Waals surface area contributed by atoms with Gasteiger partial charge < -0.3 is 39.6 Å². The highest BCUT2D eigenvalue weighted by Gasteiger charge is 2.40. The molecule has 1 saturated heterocycles. The molecule has 2 aliphatic heterocycles. The van der Waals surface area contributed by atoms with Crippen molar-refractivity contribution in [3.63, 3.8) is 0 Å². The number of hydrogen-bond donors (Lipinski definition) is 4. The number of imide groups is 1. The smallest absolute Gasteiger partial charge is 0.255 e. The molecule has 5 amide bonds. The van der Waals surface area contributed by atoms with Crippen molar-refractivity contribution < 1.29 is 38.2 Å². The van der Waals surface area contributed by atoms with Crippen molar-refractivity contribution in [2.75, 3.05) is 43.7 Å². The van der Waals surface area contributed by atoms with Gasteiger partial charge in [0, 0.05) is 80.5 Å². The van der Waals surface area contributed by atoms with Gasteiger partial charge in [0.2, 0.25) is 17.7 Å². The molecule has 7 rings (SSSR count). The molecule has 4 N–H and O–H groups in total. The summed E-state index contributed by atoms with van der Waals surface area (Å²) >= 11 is 0. The number of benzene rings is 3. The maximum atomic E-state index is 13.1. The SMILES string of the molecule is Cn1c(CNc2cccc(C(=O)NCc3cccc(OCCCCCCOCCOCCCCCC(=O)Nc4cccc5c4CN(C4CCC(=O)NC4=O)C5=O)c3)c2)nnc1-c1ccncn1. The third kappa shape index (κ3) is 13.7. The Morgan fingerprint density at radius 1 is 0.821 bits per heavy atom. The van der Waals surface area contributed by atoms with Crippen LogP contribution < -0.4 is 26.0 Å². The molecule has 0 bridgehead atoms. The molecule has 5 aromatic rings. The van der Waals surface area contributed by atoms with Crippen LogP contribution in [0.3, 0.4) is 0 Å². The van der Waals surface area contributed by atoms with Gasteiger partial charge in [-0.15, -0.1) is 10.2 Å². The lowest BCUT2D eigenvalue weighted by Gasteiger charge is -2.29. The van der Waals surface area contributed by atoms with Crippen LogP contribution in [0.25, 0.3) is 11.5 Å². The first-order chi connectivity index (χ1) is 32.7. The molecule has 18 nitrogen and oxygen atoms in total. The summed E-state index contributed by atoms with van der Waals surface area (Å²) in [6.45, 7) is 3.93. The van der Waals surface area contributed by atoms with Gasteiger partial charge >= 0.3 is 0 Å². The monoisotopic (exact) mass is 914 g/mol. The molecular formula is C49H58N10O8. The molecule has 0 radical (unpaired) electrons. The quantitative estimate of drug-likeness (QED) is 0.0384. The molecule has 1 unspecified atom stereocenters. The second kappa shape index (κ2) is 24.5. The van der Waals surface area contributed by atoms with Crippen LogP contribution in [-0.4, -0.2) is 98.2 Å². The number of unbranched alkanes of at least 4 members (excludes halogenated alkanes) is 5. The van der Waals surface area contributed by atoms with Gasteiger partial charge in [0.05, 0.1) is 26.4 Å². The largest absolute Gasteiger partial charge is 0.494 e. The number of ether oxygens (including phenoxy) is 3. The van der Waals surface area contributed by atoms with Gasteiger partial charge in [-0.3, -0.25) is 29.3 Å². The Morgan fingerprint density at radius 2 is 1.60 bits per heavy atom. The molecule has 4 heterocycles. The summed E-state index contributed by atoms with van der Waals surface area (Å²) in [6, 6.07) is 21.4. The highest BCUT2D eigenvalue weighted by Crippen LogP contribution is 2.32. The second-order valence-electron chi connectivity index (χ2n) is 16.4. The van der Waals surface area contributed by atoms with Gasteiger partial charge in [-0.25, -0.2) is 9.97 Å². The Hall–Kier alpha value is -7.05. The van der Waals surface area contributed by atoms with E-state index < -0.39 is 11.9 Å².